The lowest BCUT2D eigenvalue weighted by atomic mass is 10.1. The minimum Gasteiger partial charge on any atom is -0.315 e. The van der Waals surface area contributed by atoms with E-state index in [-0.39, 0.29) is 0 Å². The Labute approximate surface area is 115 Å². The maximum absolute atomic E-state index is 3.21. The normalized spacial score (nSPS) is 26.7. The van der Waals surface area contributed by atoms with E-state index in [1.165, 1.54) is 22.8 Å². The van der Waals surface area contributed by atoms with Crippen molar-refractivity contribution in [2.24, 2.45) is 0 Å². The van der Waals surface area contributed by atoms with E-state index in [2.05, 4.69) is 48.1 Å². The van der Waals surface area contributed by atoms with Gasteiger partial charge >= 0.3 is 0 Å². The molecule has 0 aromatic carbocycles. The molecule has 1 aromatic rings. The Morgan fingerprint density at radius 1 is 1.22 bits per heavy atom. The zero-order chi connectivity index (χ0) is 13.1. The van der Waals surface area contributed by atoms with Crippen LogP contribution in [0.25, 0.3) is 0 Å². The monoisotopic (exact) mass is 267 g/mol. The van der Waals surface area contributed by atoms with Crippen LogP contribution in [-0.2, 0) is 13.1 Å². The van der Waals surface area contributed by atoms with Crippen LogP contribution in [0.3, 0.4) is 0 Å². The van der Waals surface area contributed by atoms with Crippen LogP contribution < -0.4 is 5.32 Å². The molecule has 3 nitrogen and oxygen atoms in total. The van der Waals surface area contributed by atoms with Gasteiger partial charge in [0.25, 0.3) is 0 Å². The lowest BCUT2D eigenvalue weighted by molar-refractivity contribution is 0.0562. The van der Waals surface area contributed by atoms with E-state index in [9.17, 15) is 0 Å². The van der Waals surface area contributed by atoms with Gasteiger partial charge in [0.15, 0.2) is 0 Å². The summed E-state index contributed by atoms with van der Waals surface area (Å²) in [4.78, 5) is 7.99. The fourth-order valence-corrected chi connectivity index (χ4v) is 3.71. The van der Waals surface area contributed by atoms with Gasteiger partial charge in [-0.05, 0) is 40.1 Å². The van der Waals surface area contributed by atoms with E-state index in [0.29, 0.717) is 12.1 Å². The highest BCUT2D eigenvalue weighted by molar-refractivity contribution is 7.11. The van der Waals surface area contributed by atoms with E-state index in [1.54, 1.807) is 0 Å². The number of piperazine rings is 1. The summed E-state index contributed by atoms with van der Waals surface area (Å²) in [5, 5.41) is 3.21. The maximum Gasteiger partial charge on any atom is 0.0329 e. The van der Waals surface area contributed by atoms with Gasteiger partial charge in [0.1, 0.15) is 0 Å². The third kappa shape index (κ3) is 3.32. The second-order valence-electron chi connectivity index (χ2n) is 5.46. The molecule has 0 saturated carbocycles. The van der Waals surface area contributed by atoms with Gasteiger partial charge in [-0.1, -0.05) is 0 Å². The first-order valence-electron chi connectivity index (χ1n) is 6.76. The predicted octanol–water partition coefficient (Wildman–Crippen LogP) is 1.99. The molecule has 102 valence electrons. The number of hydrogen-bond acceptors (Lipinski definition) is 4. The number of rotatable bonds is 4. The van der Waals surface area contributed by atoms with Crippen molar-refractivity contribution in [3.63, 3.8) is 0 Å². The van der Waals surface area contributed by atoms with Crippen molar-refractivity contribution in [2.45, 2.75) is 39.0 Å². The SMILES string of the molecule is CNCc1ccc(CN2CC(C)N(C)C(C)C2)s1. The fraction of sp³-hybridized carbons (Fsp3) is 0.714. The molecule has 2 unspecified atom stereocenters. The Morgan fingerprint density at radius 2 is 1.83 bits per heavy atom. The van der Waals surface area contributed by atoms with E-state index < -0.39 is 0 Å². The summed E-state index contributed by atoms with van der Waals surface area (Å²) in [6.45, 7) is 9.10. The van der Waals surface area contributed by atoms with Crippen LogP contribution in [0.5, 0.6) is 0 Å². The molecule has 1 saturated heterocycles. The third-order valence-electron chi connectivity index (χ3n) is 3.88. The topological polar surface area (TPSA) is 18.5 Å². The van der Waals surface area contributed by atoms with Crippen LogP contribution in [0.4, 0.5) is 0 Å². The first kappa shape index (κ1) is 14.0. The zero-order valence-electron chi connectivity index (χ0n) is 11.9. The number of nitrogens with one attached hydrogen (secondary N) is 1. The van der Waals surface area contributed by atoms with Gasteiger partial charge < -0.3 is 5.32 Å². The average Bonchev–Trinajstić information content (AvgIpc) is 2.74. The van der Waals surface area contributed by atoms with E-state index in [1.807, 2.05) is 18.4 Å². The molecule has 1 aromatic heterocycles. The van der Waals surface area contributed by atoms with E-state index in [4.69, 9.17) is 0 Å². The molecule has 0 bridgehead atoms. The molecular weight excluding hydrogens is 242 g/mol. The van der Waals surface area contributed by atoms with Crippen LogP contribution in [0.15, 0.2) is 12.1 Å². The highest BCUT2D eigenvalue weighted by atomic mass is 32.1. The second kappa shape index (κ2) is 6.15. The molecule has 1 aliphatic heterocycles. The van der Waals surface area contributed by atoms with Crippen molar-refractivity contribution in [3.05, 3.63) is 21.9 Å². The van der Waals surface area contributed by atoms with Crippen molar-refractivity contribution in [3.8, 4) is 0 Å². The van der Waals surface area contributed by atoms with Gasteiger partial charge in [0, 0.05) is 48.0 Å². The van der Waals surface area contributed by atoms with Gasteiger partial charge in [0.2, 0.25) is 0 Å². The van der Waals surface area contributed by atoms with Crippen LogP contribution in [-0.4, -0.2) is 49.1 Å². The summed E-state index contributed by atoms with van der Waals surface area (Å²) in [7, 11) is 4.24. The molecule has 2 rings (SSSR count). The molecule has 0 amide bonds. The van der Waals surface area contributed by atoms with Crippen molar-refractivity contribution < 1.29 is 0 Å². The minimum absolute atomic E-state index is 0.658. The molecule has 4 heteroatoms. The smallest absolute Gasteiger partial charge is 0.0329 e. The number of thiophene rings is 1. The van der Waals surface area contributed by atoms with Crippen molar-refractivity contribution in [1.82, 2.24) is 15.1 Å². The quantitative estimate of drug-likeness (QED) is 0.900. The highest BCUT2D eigenvalue weighted by Gasteiger charge is 2.26. The third-order valence-corrected chi connectivity index (χ3v) is 4.95. The second-order valence-corrected chi connectivity index (χ2v) is 6.71. The number of likely N-dealkylation sites (N-methyl/N-ethyl adjacent to an activating group) is 1. The van der Waals surface area contributed by atoms with Gasteiger partial charge in [0.05, 0.1) is 0 Å². The van der Waals surface area contributed by atoms with E-state index in [0.717, 1.165) is 13.1 Å². The minimum atomic E-state index is 0.658. The fourth-order valence-electron chi connectivity index (χ4n) is 2.64. The average molecular weight is 267 g/mol. The number of hydrogen-bond donors (Lipinski definition) is 1. The summed E-state index contributed by atoms with van der Waals surface area (Å²) in [6.07, 6.45) is 0. The summed E-state index contributed by atoms with van der Waals surface area (Å²) in [5.74, 6) is 0. The molecule has 2 heterocycles. The van der Waals surface area contributed by atoms with Crippen molar-refractivity contribution in [1.29, 1.82) is 0 Å². The molecule has 0 aliphatic carbocycles. The predicted molar refractivity (Wildman–Crippen MR) is 79.0 cm³/mol. The molecule has 2 atom stereocenters. The zero-order valence-corrected chi connectivity index (χ0v) is 12.8. The first-order chi connectivity index (χ1) is 8.60. The largest absolute Gasteiger partial charge is 0.315 e. The van der Waals surface area contributed by atoms with E-state index >= 15 is 0 Å². The van der Waals surface area contributed by atoms with Crippen LogP contribution >= 0.6 is 11.3 Å². The molecule has 1 fully saturated rings. The van der Waals surface area contributed by atoms with Crippen LogP contribution in [0, 0.1) is 0 Å². The number of nitrogens with zero attached hydrogens (tertiary/aromatic N) is 2. The lowest BCUT2D eigenvalue weighted by Crippen LogP contribution is -2.54. The Morgan fingerprint density at radius 3 is 2.44 bits per heavy atom. The van der Waals surface area contributed by atoms with Crippen LogP contribution in [0.2, 0.25) is 0 Å². The summed E-state index contributed by atoms with van der Waals surface area (Å²) >= 11 is 1.94. The molecule has 0 radical (unpaired) electrons. The Balaban J connectivity index is 1.92. The molecule has 18 heavy (non-hydrogen) atoms. The standard InChI is InChI=1S/C14H25N3S/c1-11-8-17(9-12(2)16(11)4)10-14-6-5-13(18-14)7-15-3/h5-6,11-12,15H,7-10H2,1-4H3. The van der Waals surface area contributed by atoms with Crippen molar-refractivity contribution >= 4 is 11.3 Å². The Hall–Kier alpha value is -0.420. The van der Waals surface area contributed by atoms with Crippen molar-refractivity contribution in [2.75, 3.05) is 27.2 Å². The highest BCUT2D eigenvalue weighted by Crippen LogP contribution is 2.21. The summed E-state index contributed by atoms with van der Waals surface area (Å²) < 4.78 is 0. The molecule has 0 spiro atoms. The van der Waals surface area contributed by atoms with Gasteiger partial charge in [-0.25, -0.2) is 0 Å². The molecule has 1 aliphatic rings. The van der Waals surface area contributed by atoms with Crippen LogP contribution in [0.1, 0.15) is 23.6 Å². The Bertz CT molecular complexity index is 365. The first-order valence-corrected chi connectivity index (χ1v) is 7.58. The van der Waals surface area contributed by atoms with Gasteiger partial charge in [-0.3, -0.25) is 9.80 Å². The summed E-state index contributed by atoms with van der Waals surface area (Å²) in [5.41, 5.74) is 0. The maximum atomic E-state index is 3.21. The van der Waals surface area contributed by atoms with Gasteiger partial charge in [-0.15, -0.1) is 11.3 Å². The summed E-state index contributed by atoms with van der Waals surface area (Å²) in [6, 6.07) is 5.85. The molecular formula is C14H25N3S. The lowest BCUT2D eigenvalue weighted by Gasteiger charge is -2.42. The van der Waals surface area contributed by atoms with Gasteiger partial charge in [-0.2, -0.15) is 0 Å². The molecule has 1 N–H and O–H groups in total. The Kier molecular flexibility index (Phi) is 4.78.